The Bertz CT molecular complexity index is 1130. The van der Waals surface area contributed by atoms with Crippen LogP contribution in [0.4, 0.5) is 0 Å². The molecule has 0 unspecified atom stereocenters. The summed E-state index contributed by atoms with van der Waals surface area (Å²) in [6, 6.07) is 19.4. The molecule has 0 atom stereocenters. The highest BCUT2D eigenvalue weighted by Crippen LogP contribution is 2.19. The lowest BCUT2D eigenvalue weighted by Gasteiger charge is -2.06. The zero-order valence-electron chi connectivity index (χ0n) is 14.9. The van der Waals surface area contributed by atoms with Gasteiger partial charge in [-0.15, -0.1) is 0 Å². The fraction of sp³-hybridized carbons (Fsp3) is 0.143. The topological polar surface area (TPSA) is 62.7 Å². The molecular formula is C21H19ClN4O. The van der Waals surface area contributed by atoms with Gasteiger partial charge in [0.15, 0.2) is 0 Å². The highest BCUT2D eigenvalue weighted by molar-refractivity contribution is 6.30. The summed E-state index contributed by atoms with van der Waals surface area (Å²) in [5.74, 6) is 0. The lowest BCUT2D eigenvalue weighted by molar-refractivity contribution is 0.688. The third kappa shape index (κ3) is 3.65. The van der Waals surface area contributed by atoms with Gasteiger partial charge in [-0.1, -0.05) is 41.9 Å². The SMILES string of the molecule is Cc1nn(-c2ccccc2)c2[nH]c(=O)c(CNCc3ccc(Cl)cc3)cc12. The second-order valence-corrected chi connectivity index (χ2v) is 6.89. The van der Waals surface area contributed by atoms with Gasteiger partial charge in [-0.2, -0.15) is 5.10 Å². The van der Waals surface area contributed by atoms with Gasteiger partial charge in [0.25, 0.3) is 5.56 Å². The first kappa shape index (κ1) is 17.5. The molecule has 136 valence electrons. The Morgan fingerprint density at radius 1 is 1.07 bits per heavy atom. The van der Waals surface area contributed by atoms with Gasteiger partial charge < -0.3 is 10.3 Å². The molecule has 4 aromatic rings. The molecule has 2 N–H and O–H groups in total. The van der Waals surface area contributed by atoms with Gasteiger partial charge in [0, 0.05) is 29.1 Å². The second-order valence-electron chi connectivity index (χ2n) is 6.45. The van der Waals surface area contributed by atoms with Crippen LogP contribution < -0.4 is 10.9 Å². The summed E-state index contributed by atoms with van der Waals surface area (Å²) in [4.78, 5) is 15.5. The number of halogens is 1. The summed E-state index contributed by atoms with van der Waals surface area (Å²) in [6.45, 7) is 3.09. The van der Waals surface area contributed by atoms with E-state index in [1.165, 1.54) is 0 Å². The molecule has 0 amide bonds. The number of nitrogens with zero attached hydrogens (tertiary/aromatic N) is 2. The molecule has 0 spiro atoms. The van der Waals surface area contributed by atoms with Gasteiger partial charge in [-0.3, -0.25) is 4.79 Å². The molecule has 0 aliphatic heterocycles. The lowest BCUT2D eigenvalue weighted by atomic mass is 10.2. The molecule has 0 saturated carbocycles. The quantitative estimate of drug-likeness (QED) is 0.552. The highest BCUT2D eigenvalue weighted by Gasteiger charge is 2.12. The zero-order chi connectivity index (χ0) is 18.8. The molecule has 27 heavy (non-hydrogen) atoms. The predicted molar refractivity (Wildman–Crippen MR) is 108 cm³/mol. The molecule has 0 aliphatic carbocycles. The van der Waals surface area contributed by atoms with Crippen molar-refractivity contribution in [3.05, 3.63) is 92.9 Å². The van der Waals surface area contributed by atoms with Crippen LogP contribution in [0.15, 0.2) is 65.5 Å². The van der Waals surface area contributed by atoms with Gasteiger partial charge in [0.2, 0.25) is 0 Å². The van der Waals surface area contributed by atoms with E-state index in [-0.39, 0.29) is 5.56 Å². The van der Waals surface area contributed by atoms with E-state index in [4.69, 9.17) is 11.6 Å². The summed E-state index contributed by atoms with van der Waals surface area (Å²) in [6.07, 6.45) is 0. The van der Waals surface area contributed by atoms with Crippen molar-refractivity contribution >= 4 is 22.6 Å². The molecule has 6 heteroatoms. The van der Waals surface area contributed by atoms with Crippen molar-refractivity contribution in [1.29, 1.82) is 0 Å². The maximum Gasteiger partial charge on any atom is 0.254 e. The van der Waals surface area contributed by atoms with Gasteiger partial charge in [-0.25, -0.2) is 4.68 Å². The number of benzene rings is 2. The molecule has 0 bridgehead atoms. The summed E-state index contributed by atoms with van der Waals surface area (Å²) in [7, 11) is 0. The van der Waals surface area contributed by atoms with Crippen LogP contribution in [0, 0.1) is 6.92 Å². The maximum absolute atomic E-state index is 12.6. The number of H-pyrrole nitrogens is 1. The second kappa shape index (κ2) is 7.39. The van der Waals surface area contributed by atoms with Crippen LogP contribution in [0.3, 0.4) is 0 Å². The summed E-state index contributed by atoms with van der Waals surface area (Å²) >= 11 is 5.91. The van der Waals surface area contributed by atoms with Gasteiger partial charge in [0.05, 0.1) is 11.4 Å². The molecule has 0 aliphatic rings. The van der Waals surface area contributed by atoms with Crippen molar-refractivity contribution in [3.8, 4) is 5.69 Å². The Kier molecular flexibility index (Phi) is 4.79. The Balaban J connectivity index is 1.59. The molecule has 5 nitrogen and oxygen atoms in total. The van der Waals surface area contributed by atoms with E-state index in [0.29, 0.717) is 29.3 Å². The average Bonchev–Trinajstić information content (AvgIpc) is 3.00. The van der Waals surface area contributed by atoms with Gasteiger partial charge in [0.1, 0.15) is 5.65 Å². The summed E-state index contributed by atoms with van der Waals surface area (Å²) in [5.41, 5.74) is 4.20. The van der Waals surface area contributed by atoms with Crippen LogP contribution in [-0.4, -0.2) is 14.8 Å². The smallest absolute Gasteiger partial charge is 0.254 e. The molecule has 0 radical (unpaired) electrons. The molecule has 2 heterocycles. The number of aromatic amines is 1. The van der Waals surface area contributed by atoms with Crippen molar-refractivity contribution in [3.63, 3.8) is 0 Å². The van der Waals surface area contributed by atoms with Crippen LogP contribution >= 0.6 is 11.6 Å². The first-order chi connectivity index (χ1) is 13.1. The molecule has 0 saturated heterocycles. The fourth-order valence-corrected chi connectivity index (χ4v) is 3.22. The third-order valence-electron chi connectivity index (χ3n) is 4.51. The molecule has 2 aromatic carbocycles. The Labute approximate surface area is 161 Å². The monoisotopic (exact) mass is 378 g/mol. The number of hydrogen-bond acceptors (Lipinski definition) is 3. The van der Waals surface area contributed by atoms with E-state index in [2.05, 4.69) is 15.4 Å². The Morgan fingerprint density at radius 2 is 1.81 bits per heavy atom. The Hall–Kier alpha value is -2.89. The minimum Gasteiger partial charge on any atom is -0.308 e. The molecular weight excluding hydrogens is 360 g/mol. The number of para-hydroxylation sites is 1. The number of pyridine rings is 1. The zero-order valence-corrected chi connectivity index (χ0v) is 15.6. The number of fused-ring (bicyclic) bond motifs is 1. The highest BCUT2D eigenvalue weighted by atomic mass is 35.5. The number of hydrogen-bond donors (Lipinski definition) is 2. The van der Waals surface area contributed by atoms with Gasteiger partial charge >= 0.3 is 0 Å². The van der Waals surface area contributed by atoms with Gasteiger partial charge in [-0.05, 0) is 42.8 Å². The molecule has 0 fully saturated rings. The van der Waals surface area contributed by atoms with E-state index < -0.39 is 0 Å². The standard InChI is InChI=1S/C21H19ClN4O/c1-14-19-11-16(13-23-12-15-7-9-17(22)10-8-15)21(27)24-20(19)26(25-14)18-5-3-2-4-6-18/h2-11,23H,12-13H2,1H3,(H,24,27). The van der Waals surface area contributed by atoms with Crippen molar-refractivity contribution in [2.75, 3.05) is 0 Å². The number of aryl methyl sites for hydroxylation is 1. The normalized spacial score (nSPS) is 11.2. The van der Waals surface area contributed by atoms with E-state index in [9.17, 15) is 4.79 Å². The van der Waals surface area contributed by atoms with E-state index in [1.54, 1.807) is 4.68 Å². The van der Waals surface area contributed by atoms with Crippen molar-refractivity contribution in [2.24, 2.45) is 0 Å². The third-order valence-corrected chi connectivity index (χ3v) is 4.76. The van der Waals surface area contributed by atoms with E-state index in [0.717, 1.165) is 22.3 Å². The van der Waals surface area contributed by atoms with Crippen LogP contribution in [0.1, 0.15) is 16.8 Å². The van der Waals surface area contributed by atoms with E-state index >= 15 is 0 Å². The fourth-order valence-electron chi connectivity index (χ4n) is 3.09. The number of rotatable bonds is 5. The van der Waals surface area contributed by atoms with Crippen LogP contribution in [0.2, 0.25) is 5.02 Å². The predicted octanol–water partition coefficient (Wildman–Crippen LogP) is 3.97. The van der Waals surface area contributed by atoms with Crippen molar-refractivity contribution < 1.29 is 0 Å². The first-order valence-electron chi connectivity index (χ1n) is 8.74. The van der Waals surface area contributed by atoms with Crippen LogP contribution in [0.5, 0.6) is 0 Å². The largest absolute Gasteiger partial charge is 0.308 e. The number of aromatic nitrogens is 3. The Morgan fingerprint density at radius 3 is 2.56 bits per heavy atom. The molecule has 2 aromatic heterocycles. The minimum absolute atomic E-state index is 0.108. The first-order valence-corrected chi connectivity index (χ1v) is 9.12. The minimum atomic E-state index is -0.108. The van der Waals surface area contributed by atoms with Crippen LogP contribution in [-0.2, 0) is 13.1 Å². The van der Waals surface area contributed by atoms with E-state index in [1.807, 2.05) is 67.6 Å². The average molecular weight is 379 g/mol. The lowest BCUT2D eigenvalue weighted by Crippen LogP contribution is -2.21. The van der Waals surface area contributed by atoms with Crippen molar-refractivity contribution in [1.82, 2.24) is 20.1 Å². The summed E-state index contributed by atoms with van der Waals surface area (Å²) in [5, 5.41) is 9.56. The van der Waals surface area contributed by atoms with Crippen LogP contribution in [0.25, 0.3) is 16.7 Å². The maximum atomic E-state index is 12.6. The number of nitrogens with one attached hydrogen (secondary N) is 2. The molecule has 4 rings (SSSR count). The summed E-state index contributed by atoms with van der Waals surface area (Å²) < 4.78 is 1.77. The van der Waals surface area contributed by atoms with Crippen molar-refractivity contribution in [2.45, 2.75) is 20.0 Å².